The van der Waals surface area contributed by atoms with E-state index in [2.05, 4.69) is 0 Å². The minimum absolute atomic E-state index is 0.0435. The Bertz CT molecular complexity index is 338. The molecule has 1 aromatic carbocycles. The van der Waals surface area contributed by atoms with Crippen LogP contribution in [0.5, 0.6) is 5.75 Å². The zero-order valence-corrected chi connectivity index (χ0v) is 7.40. The van der Waals surface area contributed by atoms with Crippen LogP contribution < -0.4 is 5.48 Å². The second kappa shape index (κ2) is 4.48. The number of phenols is 1. The van der Waals surface area contributed by atoms with E-state index in [9.17, 15) is 9.90 Å². The van der Waals surface area contributed by atoms with E-state index in [0.29, 0.717) is 5.56 Å². The highest BCUT2D eigenvalue weighted by Crippen LogP contribution is 2.27. The Balaban J connectivity index is 2.85. The highest BCUT2D eigenvalue weighted by atomic mass is 16.5. The molecule has 0 aromatic heterocycles. The molecule has 4 N–H and O–H groups in total. The van der Waals surface area contributed by atoms with E-state index >= 15 is 0 Å². The fourth-order valence-electron chi connectivity index (χ4n) is 1.17. The Kier molecular flexibility index (Phi) is 3.30. The number of phenolic OH excluding ortho intramolecular Hbond substituents is 1. The minimum atomic E-state index is -0.919. The number of aliphatic carboxylic acids is 1. The third-order valence-corrected chi connectivity index (χ3v) is 1.85. The topological polar surface area (TPSA) is 89.8 Å². The number of anilines is 1. The number of carboxylic acids is 1. The molecule has 0 saturated carbocycles. The molecule has 0 atom stereocenters. The second-order valence-electron chi connectivity index (χ2n) is 2.82. The normalized spacial score (nSPS) is 9.79. The van der Waals surface area contributed by atoms with E-state index in [1.807, 2.05) is 5.48 Å². The van der Waals surface area contributed by atoms with Gasteiger partial charge in [-0.3, -0.25) is 15.5 Å². The van der Waals surface area contributed by atoms with Crippen LogP contribution in [0.15, 0.2) is 18.2 Å². The average Bonchev–Trinajstić information content (AvgIpc) is 2.14. The van der Waals surface area contributed by atoms with Crippen molar-refractivity contribution in [2.24, 2.45) is 0 Å². The van der Waals surface area contributed by atoms with Gasteiger partial charge in [0.05, 0.1) is 0 Å². The van der Waals surface area contributed by atoms with Gasteiger partial charge in [-0.15, -0.1) is 0 Å². The summed E-state index contributed by atoms with van der Waals surface area (Å²) in [5.74, 6) is -1.02. The highest BCUT2D eigenvalue weighted by Gasteiger charge is 2.07. The van der Waals surface area contributed by atoms with Crippen molar-refractivity contribution in [3.8, 4) is 5.75 Å². The van der Waals surface area contributed by atoms with Gasteiger partial charge in [0.1, 0.15) is 11.4 Å². The average molecular weight is 197 g/mol. The lowest BCUT2D eigenvalue weighted by atomic mass is 10.1. The highest BCUT2D eigenvalue weighted by molar-refractivity contribution is 5.68. The molecule has 0 aliphatic rings. The van der Waals surface area contributed by atoms with E-state index in [4.69, 9.17) is 10.3 Å². The third-order valence-electron chi connectivity index (χ3n) is 1.85. The first-order chi connectivity index (χ1) is 6.65. The molecule has 0 heterocycles. The van der Waals surface area contributed by atoms with Crippen LogP contribution >= 0.6 is 0 Å². The van der Waals surface area contributed by atoms with Crippen molar-refractivity contribution in [3.05, 3.63) is 23.8 Å². The van der Waals surface area contributed by atoms with E-state index in [1.54, 1.807) is 12.1 Å². The zero-order valence-electron chi connectivity index (χ0n) is 7.40. The number of rotatable bonds is 4. The lowest BCUT2D eigenvalue weighted by molar-refractivity contribution is -0.136. The maximum atomic E-state index is 10.3. The summed E-state index contributed by atoms with van der Waals surface area (Å²) < 4.78 is 0. The third kappa shape index (κ3) is 2.37. The fraction of sp³-hybridized carbons (Fsp3) is 0.222. The van der Waals surface area contributed by atoms with Crippen molar-refractivity contribution in [2.75, 3.05) is 5.48 Å². The lowest BCUT2D eigenvalue weighted by Gasteiger charge is -2.08. The standard InChI is InChI=1S/C9H11NO4/c11-7-3-1-2-6(9(7)10-14)4-5-8(12)13/h1-3,10-11,14H,4-5H2,(H,12,13). The Hall–Kier alpha value is -1.75. The Morgan fingerprint density at radius 3 is 2.71 bits per heavy atom. The smallest absolute Gasteiger partial charge is 0.303 e. The predicted molar refractivity (Wildman–Crippen MR) is 49.5 cm³/mol. The molecule has 1 aromatic rings. The van der Waals surface area contributed by atoms with Gasteiger partial charge in [0.25, 0.3) is 0 Å². The quantitative estimate of drug-likeness (QED) is 0.430. The molecule has 0 fully saturated rings. The SMILES string of the molecule is O=C(O)CCc1cccc(O)c1NO. The summed E-state index contributed by atoms with van der Waals surface area (Å²) in [5.41, 5.74) is 2.57. The van der Waals surface area contributed by atoms with Crippen molar-refractivity contribution in [1.82, 2.24) is 0 Å². The largest absolute Gasteiger partial charge is 0.506 e. The van der Waals surface area contributed by atoms with Crippen molar-refractivity contribution < 1.29 is 20.2 Å². The van der Waals surface area contributed by atoms with Crippen molar-refractivity contribution in [2.45, 2.75) is 12.8 Å². The molecule has 1 rings (SSSR count). The van der Waals surface area contributed by atoms with E-state index in [1.165, 1.54) is 6.07 Å². The summed E-state index contributed by atoms with van der Waals surface area (Å²) in [6.07, 6.45) is 0.213. The molecule has 76 valence electrons. The van der Waals surface area contributed by atoms with Gasteiger partial charge in [-0.2, -0.15) is 0 Å². The number of carboxylic acid groups (broad SMARTS) is 1. The molecule has 0 saturated heterocycles. The molecule has 0 unspecified atom stereocenters. The summed E-state index contributed by atoms with van der Waals surface area (Å²) in [4.78, 5) is 10.3. The fourth-order valence-corrected chi connectivity index (χ4v) is 1.17. The molecular weight excluding hydrogens is 186 g/mol. The molecule has 0 bridgehead atoms. The minimum Gasteiger partial charge on any atom is -0.506 e. The first-order valence-corrected chi connectivity index (χ1v) is 4.08. The number of hydrogen-bond donors (Lipinski definition) is 4. The molecule has 0 amide bonds. The number of hydrogen-bond acceptors (Lipinski definition) is 4. The lowest BCUT2D eigenvalue weighted by Crippen LogP contribution is -2.01. The van der Waals surface area contributed by atoms with E-state index in [0.717, 1.165) is 0 Å². The number of nitrogens with one attached hydrogen (secondary N) is 1. The molecule has 14 heavy (non-hydrogen) atoms. The maximum absolute atomic E-state index is 10.3. The number of aryl methyl sites for hydroxylation is 1. The molecule has 5 heteroatoms. The van der Waals surface area contributed by atoms with Crippen molar-refractivity contribution >= 4 is 11.7 Å². The predicted octanol–water partition coefficient (Wildman–Crippen LogP) is 1.21. The van der Waals surface area contributed by atoms with Crippen molar-refractivity contribution in [3.63, 3.8) is 0 Å². The Labute approximate surface area is 80.6 Å². The maximum Gasteiger partial charge on any atom is 0.303 e. The Morgan fingerprint density at radius 1 is 1.43 bits per heavy atom. The van der Waals surface area contributed by atoms with Crippen LogP contribution in [-0.2, 0) is 11.2 Å². The summed E-state index contributed by atoms with van der Waals surface area (Å²) in [7, 11) is 0. The molecule has 0 aliphatic carbocycles. The first-order valence-electron chi connectivity index (χ1n) is 4.08. The van der Waals surface area contributed by atoms with Crippen LogP contribution in [0.25, 0.3) is 0 Å². The number of para-hydroxylation sites is 1. The van der Waals surface area contributed by atoms with E-state index < -0.39 is 5.97 Å². The van der Waals surface area contributed by atoms with Crippen molar-refractivity contribution in [1.29, 1.82) is 0 Å². The molecule has 0 aliphatic heterocycles. The number of carbonyl (C=O) groups is 1. The van der Waals surface area contributed by atoms with Gasteiger partial charge in [-0.25, -0.2) is 0 Å². The first kappa shape index (κ1) is 10.3. The molecule has 0 radical (unpaired) electrons. The van der Waals surface area contributed by atoms with Gasteiger partial charge in [-0.05, 0) is 18.1 Å². The van der Waals surface area contributed by atoms with Crippen LogP contribution in [0, 0.1) is 0 Å². The van der Waals surface area contributed by atoms with Gasteiger partial charge >= 0.3 is 5.97 Å². The van der Waals surface area contributed by atoms with Crippen LogP contribution in [0.4, 0.5) is 5.69 Å². The summed E-state index contributed by atoms with van der Waals surface area (Å²) in [5, 5.41) is 26.5. The molecule has 0 spiro atoms. The monoisotopic (exact) mass is 197 g/mol. The van der Waals surface area contributed by atoms with Gasteiger partial charge in [0.2, 0.25) is 0 Å². The van der Waals surface area contributed by atoms with E-state index in [-0.39, 0.29) is 24.3 Å². The van der Waals surface area contributed by atoms with Crippen LogP contribution in [0.3, 0.4) is 0 Å². The van der Waals surface area contributed by atoms with Gasteiger partial charge in [-0.1, -0.05) is 12.1 Å². The second-order valence-corrected chi connectivity index (χ2v) is 2.82. The number of benzene rings is 1. The summed E-state index contributed by atoms with van der Waals surface area (Å²) in [6.45, 7) is 0. The Morgan fingerprint density at radius 2 is 2.14 bits per heavy atom. The van der Waals surface area contributed by atoms with Gasteiger partial charge < -0.3 is 10.2 Å². The molecular formula is C9H11NO4. The molecule has 5 nitrogen and oxygen atoms in total. The van der Waals surface area contributed by atoms with Gasteiger partial charge in [0.15, 0.2) is 0 Å². The van der Waals surface area contributed by atoms with Gasteiger partial charge in [0, 0.05) is 6.42 Å². The van der Waals surface area contributed by atoms with Crippen LogP contribution in [-0.4, -0.2) is 21.4 Å². The number of aromatic hydroxyl groups is 1. The summed E-state index contributed by atoms with van der Waals surface area (Å²) in [6, 6.07) is 4.64. The van der Waals surface area contributed by atoms with Crippen LogP contribution in [0.1, 0.15) is 12.0 Å². The van der Waals surface area contributed by atoms with Crippen LogP contribution in [0.2, 0.25) is 0 Å². The summed E-state index contributed by atoms with van der Waals surface area (Å²) >= 11 is 0. The zero-order chi connectivity index (χ0) is 10.6.